The minimum Gasteiger partial charge on any atom is -0.379 e. The molecule has 2 aliphatic heterocycles. The van der Waals surface area contributed by atoms with Crippen LogP contribution in [0.25, 0.3) is 0 Å². The van der Waals surface area contributed by atoms with Gasteiger partial charge in [0.15, 0.2) is 5.72 Å². The van der Waals surface area contributed by atoms with Gasteiger partial charge < -0.3 is 4.74 Å². The highest BCUT2D eigenvalue weighted by Gasteiger charge is 2.55. The summed E-state index contributed by atoms with van der Waals surface area (Å²) in [7, 11) is 0. The van der Waals surface area contributed by atoms with Gasteiger partial charge in [-0.2, -0.15) is 0 Å². The molecule has 4 nitrogen and oxygen atoms in total. The van der Waals surface area contributed by atoms with Crippen molar-refractivity contribution in [3.05, 3.63) is 0 Å². The van der Waals surface area contributed by atoms with Gasteiger partial charge in [-0.15, -0.1) is 0 Å². The third kappa shape index (κ3) is 1.60. The van der Waals surface area contributed by atoms with Crippen LogP contribution in [0.15, 0.2) is 0 Å². The molecule has 4 heteroatoms. The van der Waals surface area contributed by atoms with Crippen LogP contribution in [0, 0.1) is 0 Å². The van der Waals surface area contributed by atoms with Crippen LogP contribution in [-0.2, 0) is 14.5 Å². The average Bonchev–Trinajstić information content (AvgIpc) is 2.41. The molecule has 2 atom stereocenters. The zero-order valence-corrected chi connectivity index (χ0v) is 9.11. The van der Waals surface area contributed by atoms with Crippen LogP contribution in [0.4, 0.5) is 0 Å². The molecule has 2 heterocycles. The van der Waals surface area contributed by atoms with E-state index in [0.29, 0.717) is 6.10 Å². The quantitative estimate of drug-likeness (QED) is 0.614. The van der Waals surface area contributed by atoms with E-state index >= 15 is 0 Å². The standard InChI is InChI=1S/C11H19NO3/c1-2-4-10-11(5-3-1,15-14-10)12-6-8-13-9-7-12/h10H,1-9H2. The predicted molar refractivity (Wildman–Crippen MR) is 54.2 cm³/mol. The van der Waals surface area contributed by atoms with Gasteiger partial charge in [0.2, 0.25) is 0 Å². The Morgan fingerprint density at radius 1 is 1.07 bits per heavy atom. The molecule has 3 rings (SSSR count). The van der Waals surface area contributed by atoms with Gasteiger partial charge in [0.05, 0.1) is 13.2 Å². The van der Waals surface area contributed by atoms with Crippen LogP contribution in [0.1, 0.15) is 32.1 Å². The number of morpholine rings is 1. The number of hydrogen-bond donors (Lipinski definition) is 0. The molecule has 0 N–H and O–H groups in total. The Kier molecular flexibility index (Phi) is 2.68. The molecule has 0 aromatic carbocycles. The predicted octanol–water partition coefficient (Wildman–Crippen LogP) is 1.31. The van der Waals surface area contributed by atoms with Crippen molar-refractivity contribution in [2.24, 2.45) is 0 Å². The Morgan fingerprint density at radius 3 is 2.67 bits per heavy atom. The smallest absolute Gasteiger partial charge is 0.186 e. The summed E-state index contributed by atoms with van der Waals surface area (Å²) in [4.78, 5) is 13.2. The molecule has 15 heavy (non-hydrogen) atoms. The largest absolute Gasteiger partial charge is 0.379 e. The van der Waals surface area contributed by atoms with Gasteiger partial charge in [-0.05, 0) is 19.3 Å². The van der Waals surface area contributed by atoms with Gasteiger partial charge in [0.1, 0.15) is 6.10 Å². The second kappa shape index (κ2) is 4.01. The lowest BCUT2D eigenvalue weighted by molar-refractivity contribution is -0.545. The van der Waals surface area contributed by atoms with Crippen LogP contribution in [-0.4, -0.2) is 43.0 Å². The summed E-state index contributed by atoms with van der Waals surface area (Å²) < 4.78 is 5.39. The first kappa shape index (κ1) is 10.0. The van der Waals surface area contributed by atoms with E-state index < -0.39 is 0 Å². The third-order valence-corrected chi connectivity index (χ3v) is 3.86. The highest BCUT2D eigenvalue weighted by Crippen LogP contribution is 2.43. The number of hydrogen-bond acceptors (Lipinski definition) is 4. The Bertz CT molecular complexity index is 230. The zero-order valence-electron chi connectivity index (χ0n) is 9.11. The molecule has 0 aromatic heterocycles. The average molecular weight is 213 g/mol. The summed E-state index contributed by atoms with van der Waals surface area (Å²) in [6, 6.07) is 0. The van der Waals surface area contributed by atoms with Crippen molar-refractivity contribution in [2.45, 2.75) is 43.9 Å². The lowest BCUT2D eigenvalue weighted by atomic mass is 9.97. The van der Waals surface area contributed by atoms with E-state index in [-0.39, 0.29) is 5.72 Å². The van der Waals surface area contributed by atoms with E-state index in [1.54, 1.807) is 0 Å². The van der Waals surface area contributed by atoms with Gasteiger partial charge in [-0.3, -0.25) is 4.90 Å². The maximum absolute atomic E-state index is 5.51. The molecule has 0 bridgehead atoms. The fraction of sp³-hybridized carbons (Fsp3) is 1.00. The van der Waals surface area contributed by atoms with Crippen LogP contribution in [0.3, 0.4) is 0 Å². The summed E-state index contributed by atoms with van der Waals surface area (Å²) in [5, 5.41) is 0. The van der Waals surface area contributed by atoms with Gasteiger partial charge in [-0.25, -0.2) is 9.78 Å². The molecule has 0 amide bonds. The van der Waals surface area contributed by atoms with E-state index in [1.807, 2.05) is 0 Å². The fourth-order valence-electron chi connectivity index (χ4n) is 2.94. The van der Waals surface area contributed by atoms with E-state index in [0.717, 1.165) is 39.1 Å². The Hall–Kier alpha value is -0.160. The third-order valence-electron chi connectivity index (χ3n) is 3.86. The number of rotatable bonds is 1. The lowest BCUT2D eigenvalue weighted by Gasteiger charge is -2.53. The van der Waals surface area contributed by atoms with Crippen molar-refractivity contribution < 1.29 is 14.5 Å². The molecule has 3 fully saturated rings. The highest BCUT2D eigenvalue weighted by atomic mass is 17.3. The molecule has 3 aliphatic rings. The molecule has 86 valence electrons. The second-order valence-electron chi connectivity index (χ2n) is 4.71. The maximum atomic E-state index is 5.51. The first-order chi connectivity index (χ1) is 7.42. The van der Waals surface area contributed by atoms with Crippen molar-refractivity contribution in [1.29, 1.82) is 0 Å². The Balaban J connectivity index is 1.74. The summed E-state index contributed by atoms with van der Waals surface area (Å²) >= 11 is 0. The first-order valence-corrected chi connectivity index (χ1v) is 6.09. The molecular formula is C11H19NO3. The van der Waals surface area contributed by atoms with Crippen molar-refractivity contribution in [3.63, 3.8) is 0 Å². The fourth-order valence-corrected chi connectivity index (χ4v) is 2.94. The first-order valence-electron chi connectivity index (χ1n) is 6.09. The molecule has 1 saturated carbocycles. The monoisotopic (exact) mass is 213 g/mol. The topological polar surface area (TPSA) is 30.9 Å². The van der Waals surface area contributed by atoms with Crippen LogP contribution in [0.2, 0.25) is 0 Å². The number of fused-ring (bicyclic) bond motifs is 1. The number of ether oxygens (including phenoxy) is 1. The van der Waals surface area contributed by atoms with Crippen LogP contribution in [0.5, 0.6) is 0 Å². The molecular weight excluding hydrogens is 194 g/mol. The minimum atomic E-state index is -0.0969. The molecule has 0 aromatic rings. The molecule has 0 spiro atoms. The van der Waals surface area contributed by atoms with Crippen LogP contribution < -0.4 is 0 Å². The van der Waals surface area contributed by atoms with E-state index in [1.165, 1.54) is 19.3 Å². The lowest BCUT2D eigenvalue weighted by Crippen LogP contribution is -2.68. The summed E-state index contributed by atoms with van der Waals surface area (Å²) in [5.41, 5.74) is -0.0969. The summed E-state index contributed by atoms with van der Waals surface area (Å²) in [6.07, 6.45) is 6.43. The Morgan fingerprint density at radius 2 is 1.93 bits per heavy atom. The minimum absolute atomic E-state index is 0.0969. The van der Waals surface area contributed by atoms with Crippen molar-refractivity contribution in [3.8, 4) is 0 Å². The van der Waals surface area contributed by atoms with E-state index in [9.17, 15) is 0 Å². The highest BCUT2D eigenvalue weighted by molar-refractivity contribution is 4.95. The molecule has 0 radical (unpaired) electrons. The van der Waals surface area contributed by atoms with Crippen molar-refractivity contribution in [2.75, 3.05) is 26.3 Å². The summed E-state index contributed by atoms with van der Waals surface area (Å²) in [5.74, 6) is 0. The van der Waals surface area contributed by atoms with Crippen molar-refractivity contribution in [1.82, 2.24) is 4.90 Å². The van der Waals surface area contributed by atoms with E-state index in [4.69, 9.17) is 14.5 Å². The van der Waals surface area contributed by atoms with Crippen molar-refractivity contribution >= 4 is 0 Å². The second-order valence-corrected chi connectivity index (χ2v) is 4.71. The maximum Gasteiger partial charge on any atom is 0.186 e. The zero-order chi connectivity index (χ0) is 10.1. The SMILES string of the molecule is C1CCC2OOC2(N2CCOCC2)CC1. The van der Waals surface area contributed by atoms with Crippen LogP contribution >= 0.6 is 0 Å². The van der Waals surface area contributed by atoms with Gasteiger partial charge >= 0.3 is 0 Å². The summed E-state index contributed by atoms with van der Waals surface area (Å²) in [6.45, 7) is 3.63. The van der Waals surface area contributed by atoms with Gasteiger partial charge in [0.25, 0.3) is 0 Å². The van der Waals surface area contributed by atoms with E-state index in [2.05, 4.69) is 4.90 Å². The molecule has 1 aliphatic carbocycles. The Labute approximate surface area is 90.4 Å². The normalized spacial score (nSPS) is 42.8. The molecule has 2 saturated heterocycles. The van der Waals surface area contributed by atoms with Gasteiger partial charge in [-0.1, -0.05) is 12.8 Å². The van der Waals surface area contributed by atoms with Gasteiger partial charge in [0, 0.05) is 13.1 Å². The number of nitrogens with zero attached hydrogens (tertiary/aromatic N) is 1. The molecule has 2 unspecified atom stereocenters.